The molecule has 1 aliphatic heterocycles. The Bertz CT molecular complexity index is 294. The molecule has 0 aromatic carbocycles. The molecule has 3 heteroatoms. The van der Waals surface area contributed by atoms with Crippen LogP contribution in [0.2, 0.25) is 0 Å². The number of nitrogens with one attached hydrogen (secondary N) is 1. The maximum absolute atomic E-state index is 4.11. The Morgan fingerprint density at radius 3 is 2.85 bits per heavy atom. The molecule has 2 aliphatic rings. The third-order valence-electron chi connectivity index (χ3n) is 2.47. The Balaban J connectivity index is 2.24. The maximum atomic E-state index is 4.11. The Labute approximate surface area is 78.6 Å². The molecular formula is C10H15N3. The van der Waals surface area contributed by atoms with Crippen molar-refractivity contribution >= 4 is 0 Å². The van der Waals surface area contributed by atoms with E-state index in [0.29, 0.717) is 0 Å². The molecule has 0 spiro atoms. The average Bonchev–Trinajstić information content (AvgIpc) is 2.47. The quantitative estimate of drug-likeness (QED) is 0.605. The van der Waals surface area contributed by atoms with E-state index in [1.165, 1.54) is 5.57 Å². The molecule has 1 heterocycles. The van der Waals surface area contributed by atoms with Gasteiger partial charge in [-0.15, -0.1) is 0 Å². The molecule has 1 aliphatic carbocycles. The molecule has 13 heavy (non-hydrogen) atoms. The van der Waals surface area contributed by atoms with Crippen molar-refractivity contribution in [3.05, 3.63) is 23.8 Å². The third kappa shape index (κ3) is 1.50. The van der Waals surface area contributed by atoms with Crippen LogP contribution < -0.4 is 5.43 Å². The lowest BCUT2D eigenvalue weighted by molar-refractivity contribution is 0.504. The second-order valence-corrected chi connectivity index (χ2v) is 4.59. The number of nitrogens with zero attached hydrogens (tertiary/aromatic N) is 2. The Morgan fingerprint density at radius 2 is 2.15 bits per heavy atom. The largest absolute Gasteiger partial charge is 0.282 e. The van der Waals surface area contributed by atoms with Gasteiger partial charge in [-0.25, -0.2) is 0 Å². The molecule has 2 unspecified atom stereocenters. The summed E-state index contributed by atoms with van der Waals surface area (Å²) in [4.78, 5) is 0. The molecule has 0 amide bonds. The summed E-state index contributed by atoms with van der Waals surface area (Å²) in [5.41, 5.74) is 4.51. The van der Waals surface area contributed by atoms with Crippen LogP contribution >= 0.6 is 0 Å². The summed E-state index contributed by atoms with van der Waals surface area (Å²) in [7, 11) is 0. The van der Waals surface area contributed by atoms with Crippen LogP contribution in [0.1, 0.15) is 20.8 Å². The normalized spacial score (nSPS) is 31.2. The van der Waals surface area contributed by atoms with Crippen molar-refractivity contribution < 1.29 is 0 Å². The molecule has 0 aromatic rings. The molecule has 0 fully saturated rings. The minimum atomic E-state index is 0.208. The fraction of sp³-hybridized carbons (Fsp3) is 0.600. The fourth-order valence-corrected chi connectivity index (χ4v) is 1.56. The number of allylic oxidation sites excluding steroid dienone is 2. The Morgan fingerprint density at radius 1 is 1.38 bits per heavy atom. The lowest BCUT2D eigenvalue weighted by Crippen LogP contribution is -2.30. The van der Waals surface area contributed by atoms with Crippen LogP contribution in [0, 0.1) is 5.41 Å². The van der Waals surface area contributed by atoms with Crippen LogP contribution in [0.4, 0.5) is 0 Å². The van der Waals surface area contributed by atoms with Crippen LogP contribution in [-0.4, -0.2) is 12.1 Å². The zero-order chi connectivity index (χ0) is 9.47. The van der Waals surface area contributed by atoms with E-state index >= 15 is 0 Å². The predicted octanol–water partition coefficient (Wildman–Crippen LogP) is 2.24. The van der Waals surface area contributed by atoms with Gasteiger partial charge in [-0.05, 0) is 11.0 Å². The van der Waals surface area contributed by atoms with Gasteiger partial charge in [0.05, 0.1) is 6.04 Å². The zero-order valence-corrected chi connectivity index (χ0v) is 8.28. The van der Waals surface area contributed by atoms with Gasteiger partial charge in [0, 0.05) is 0 Å². The van der Waals surface area contributed by atoms with Crippen LogP contribution in [0.15, 0.2) is 34.1 Å². The SMILES string of the molecule is CC(C)(C)C1=CC2N=NNC2C=C1. The molecule has 1 N–H and O–H groups in total. The third-order valence-corrected chi connectivity index (χ3v) is 2.47. The summed E-state index contributed by atoms with van der Waals surface area (Å²) >= 11 is 0. The highest BCUT2D eigenvalue weighted by molar-refractivity contribution is 5.33. The van der Waals surface area contributed by atoms with Gasteiger partial charge in [-0.2, -0.15) is 5.11 Å². The average molecular weight is 177 g/mol. The van der Waals surface area contributed by atoms with Crippen molar-refractivity contribution in [2.45, 2.75) is 32.9 Å². The predicted molar refractivity (Wildman–Crippen MR) is 52.2 cm³/mol. The summed E-state index contributed by atoms with van der Waals surface area (Å²) < 4.78 is 0. The van der Waals surface area contributed by atoms with Crippen molar-refractivity contribution in [3.8, 4) is 0 Å². The van der Waals surface area contributed by atoms with E-state index in [0.717, 1.165) is 0 Å². The van der Waals surface area contributed by atoms with Crippen molar-refractivity contribution in [1.82, 2.24) is 5.43 Å². The van der Waals surface area contributed by atoms with Crippen molar-refractivity contribution in [2.24, 2.45) is 15.8 Å². The van der Waals surface area contributed by atoms with Crippen molar-refractivity contribution in [2.75, 3.05) is 0 Å². The van der Waals surface area contributed by atoms with Gasteiger partial charge in [-0.3, -0.25) is 5.43 Å². The van der Waals surface area contributed by atoms with Gasteiger partial charge < -0.3 is 0 Å². The summed E-state index contributed by atoms with van der Waals surface area (Å²) in [6, 6.07) is 0.491. The van der Waals surface area contributed by atoms with Gasteiger partial charge in [0.25, 0.3) is 0 Å². The van der Waals surface area contributed by atoms with Gasteiger partial charge in [0.15, 0.2) is 0 Å². The minimum Gasteiger partial charge on any atom is -0.282 e. The molecule has 0 bridgehead atoms. The summed E-state index contributed by atoms with van der Waals surface area (Å²) in [6.07, 6.45) is 6.52. The maximum Gasteiger partial charge on any atom is 0.117 e. The van der Waals surface area contributed by atoms with E-state index in [4.69, 9.17) is 0 Å². The van der Waals surface area contributed by atoms with Gasteiger partial charge in [0.2, 0.25) is 0 Å². The second-order valence-electron chi connectivity index (χ2n) is 4.59. The molecule has 2 rings (SSSR count). The first kappa shape index (κ1) is 8.48. The van der Waals surface area contributed by atoms with Crippen LogP contribution in [0.3, 0.4) is 0 Å². The topological polar surface area (TPSA) is 36.8 Å². The van der Waals surface area contributed by atoms with Gasteiger partial charge in [0.1, 0.15) is 6.04 Å². The van der Waals surface area contributed by atoms with Gasteiger partial charge in [-0.1, -0.05) is 44.2 Å². The smallest absolute Gasteiger partial charge is 0.117 e. The van der Waals surface area contributed by atoms with E-state index in [1.807, 2.05) is 0 Å². The zero-order valence-electron chi connectivity index (χ0n) is 8.28. The molecule has 2 atom stereocenters. The van der Waals surface area contributed by atoms with Crippen LogP contribution in [0.25, 0.3) is 0 Å². The van der Waals surface area contributed by atoms with E-state index in [1.54, 1.807) is 0 Å². The first-order valence-corrected chi connectivity index (χ1v) is 4.63. The molecule has 0 radical (unpaired) electrons. The van der Waals surface area contributed by atoms with Crippen molar-refractivity contribution in [1.29, 1.82) is 0 Å². The minimum absolute atomic E-state index is 0.208. The lowest BCUT2D eigenvalue weighted by atomic mass is 9.82. The lowest BCUT2D eigenvalue weighted by Gasteiger charge is -2.25. The molecule has 3 nitrogen and oxygen atoms in total. The molecular weight excluding hydrogens is 162 g/mol. The molecule has 0 saturated heterocycles. The molecule has 0 aromatic heterocycles. The van der Waals surface area contributed by atoms with Crippen LogP contribution in [0.5, 0.6) is 0 Å². The summed E-state index contributed by atoms with van der Waals surface area (Å²) in [5.74, 6) is 0. The van der Waals surface area contributed by atoms with Gasteiger partial charge >= 0.3 is 0 Å². The number of fused-ring (bicyclic) bond motifs is 1. The monoisotopic (exact) mass is 177 g/mol. The van der Waals surface area contributed by atoms with E-state index in [9.17, 15) is 0 Å². The summed E-state index contributed by atoms with van der Waals surface area (Å²) in [5, 5.41) is 7.93. The van der Waals surface area contributed by atoms with E-state index in [2.05, 4.69) is 54.8 Å². The Hall–Kier alpha value is -1.12. The molecule has 70 valence electrons. The molecule has 0 saturated carbocycles. The number of hydrogen-bond donors (Lipinski definition) is 1. The first-order chi connectivity index (χ1) is 6.07. The van der Waals surface area contributed by atoms with E-state index in [-0.39, 0.29) is 17.5 Å². The van der Waals surface area contributed by atoms with E-state index < -0.39 is 0 Å². The number of rotatable bonds is 0. The highest BCUT2D eigenvalue weighted by atomic mass is 15.5. The highest BCUT2D eigenvalue weighted by Gasteiger charge is 2.27. The fourth-order valence-electron chi connectivity index (χ4n) is 1.56. The summed E-state index contributed by atoms with van der Waals surface area (Å²) in [6.45, 7) is 6.63. The first-order valence-electron chi connectivity index (χ1n) is 4.63. The van der Waals surface area contributed by atoms with Crippen molar-refractivity contribution in [3.63, 3.8) is 0 Å². The number of hydrogen-bond acceptors (Lipinski definition) is 3. The second kappa shape index (κ2) is 2.69. The highest BCUT2D eigenvalue weighted by Crippen LogP contribution is 2.31. The Kier molecular flexibility index (Phi) is 1.75. The van der Waals surface area contributed by atoms with Crippen LogP contribution in [-0.2, 0) is 0 Å². The standard InChI is InChI=1S/C10H15N3/c1-10(2,3)7-4-5-8-9(6-7)12-13-11-8/h4-6,8-9H,1-3H3,(H,11,12).